The third kappa shape index (κ3) is 2.73. The maximum atomic E-state index is 12.6. The molecule has 3 rings (SSSR count). The fourth-order valence-electron chi connectivity index (χ4n) is 3.22. The first-order valence-corrected chi connectivity index (χ1v) is 7.40. The Labute approximate surface area is 127 Å². The van der Waals surface area contributed by atoms with Crippen LogP contribution in [0.15, 0.2) is 18.2 Å². The molecule has 0 bridgehead atoms. The predicted molar refractivity (Wildman–Crippen MR) is 78.5 cm³/mol. The molecular formula is C14H16ClN3O3. The number of fused-ring (bicyclic) bond motifs is 1. The Morgan fingerprint density at radius 2 is 2.24 bits per heavy atom. The molecule has 2 heterocycles. The molecule has 0 saturated carbocycles. The summed E-state index contributed by atoms with van der Waals surface area (Å²) in [5.41, 5.74) is -0.113. The van der Waals surface area contributed by atoms with Gasteiger partial charge < -0.3 is 10.2 Å². The average molecular weight is 310 g/mol. The first kappa shape index (κ1) is 14.3. The van der Waals surface area contributed by atoms with Gasteiger partial charge in [-0.25, -0.2) is 0 Å². The Hall–Kier alpha value is -1.66. The zero-order valence-corrected chi connectivity index (χ0v) is 12.2. The first-order chi connectivity index (χ1) is 10.1. The molecule has 2 fully saturated rings. The normalized spacial score (nSPS) is 24.7. The Morgan fingerprint density at radius 1 is 1.43 bits per heavy atom. The van der Waals surface area contributed by atoms with Crippen LogP contribution in [0.1, 0.15) is 23.2 Å². The molecule has 0 aromatic heterocycles. The van der Waals surface area contributed by atoms with E-state index in [1.807, 2.05) is 0 Å². The molecule has 7 heteroatoms. The summed E-state index contributed by atoms with van der Waals surface area (Å²) in [5, 5.41) is 14.8. The summed E-state index contributed by atoms with van der Waals surface area (Å²) in [4.78, 5) is 24.8. The molecule has 1 amide bonds. The van der Waals surface area contributed by atoms with Gasteiger partial charge in [0.25, 0.3) is 11.6 Å². The summed E-state index contributed by atoms with van der Waals surface area (Å²) < 4.78 is 0. The van der Waals surface area contributed by atoms with Gasteiger partial charge in [-0.3, -0.25) is 14.9 Å². The van der Waals surface area contributed by atoms with Crippen molar-refractivity contribution in [2.45, 2.75) is 18.9 Å². The van der Waals surface area contributed by atoms with Crippen molar-refractivity contribution in [1.82, 2.24) is 10.2 Å². The van der Waals surface area contributed by atoms with Crippen LogP contribution in [-0.2, 0) is 0 Å². The van der Waals surface area contributed by atoms with Crippen LogP contribution in [0.3, 0.4) is 0 Å². The number of rotatable bonds is 2. The summed E-state index contributed by atoms with van der Waals surface area (Å²) in [7, 11) is 0. The van der Waals surface area contributed by atoms with Gasteiger partial charge in [0, 0.05) is 30.2 Å². The van der Waals surface area contributed by atoms with E-state index < -0.39 is 4.92 Å². The second-order valence-corrected chi connectivity index (χ2v) is 6.03. The number of hydrogen-bond acceptors (Lipinski definition) is 4. The van der Waals surface area contributed by atoms with Gasteiger partial charge >= 0.3 is 0 Å². The van der Waals surface area contributed by atoms with Crippen LogP contribution >= 0.6 is 11.6 Å². The van der Waals surface area contributed by atoms with Gasteiger partial charge in [0.15, 0.2) is 0 Å². The highest BCUT2D eigenvalue weighted by atomic mass is 35.5. The van der Waals surface area contributed by atoms with Gasteiger partial charge in [-0.05, 0) is 37.4 Å². The van der Waals surface area contributed by atoms with Crippen molar-refractivity contribution >= 4 is 23.2 Å². The molecule has 2 aliphatic rings. The van der Waals surface area contributed by atoms with E-state index in [9.17, 15) is 14.9 Å². The third-order valence-corrected chi connectivity index (χ3v) is 4.51. The van der Waals surface area contributed by atoms with E-state index in [1.165, 1.54) is 18.2 Å². The van der Waals surface area contributed by atoms with E-state index in [1.54, 1.807) is 4.90 Å². The lowest BCUT2D eigenvalue weighted by molar-refractivity contribution is -0.385. The van der Waals surface area contributed by atoms with Gasteiger partial charge in [0.1, 0.15) is 5.56 Å². The zero-order valence-electron chi connectivity index (χ0n) is 11.4. The number of benzene rings is 1. The monoisotopic (exact) mass is 309 g/mol. The van der Waals surface area contributed by atoms with Crippen LogP contribution in [-0.4, -0.2) is 41.4 Å². The second kappa shape index (κ2) is 5.61. The average Bonchev–Trinajstić information content (AvgIpc) is 2.90. The maximum absolute atomic E-state index is 12.6. The number of likely N-dealkylation sites (tertiary alicyclic amines) is 1. The molecule has 2 saturated heterocycles. The van der Waals surface area contributed by atoms with Crippen LogP contribution in [0.4, 0.5) is 5.69 Å². The molecule has 112 valence electrons. The number of hydrogen-bond donors (Lipinski definition) is 1. The number of nitro groups is 1. The van der Waals surface area contributed by atoms with Gasteiger partial charge in [-0.15, -0.1) is 0 Å². The van der Waals surface area contributed by atoms with E-state index >= 15 is 0 Å². The lowest BCUT2D eigenvalue weighted by atomic mass is 9.94. The molecule has 6 nitrogen and oxygen atoms in total. The minimum atomic E-state index is -0.555. The largest absolute Gasteiger partial charge is 0.337 e. The second-order valence-electron chi connectivity index (χ2n) is 5.59. The fourth-order valence-corrected chi connectivity index (χ4v) is 3.39. The summed E-state index contributed by atoms with van der Waals surface area (Å²) in [6.45, 7) is 2.25. The van der Waals surface area contributed by atoms with Crippen molar-refractivity contribution in [3.05, 3.63) is 38.9 Å². The quantitative estimate of drug-likeness (QED) is 0.670. The van der Waals surface area contributed by atoms with E-state index in [-0.39, 0.29) is 22.2 Å². The smallest absolute Gasteiger partial charge is 0.283 e. The summed E-state index contributed by atoms with van der Waals surface area (Å²) in [6.07, 6.45) is 2.22. The van der Waals surface area contributed by atoms with Crippen molar-refractivity contribution in [3.8, 4) is 0 Å². The van der Waals surface area contributed by atoms with Crippen LogP contribution < -0.4 is 5.32 Å². The minimum absolute atomic E-state index is 0.114. The SMILES string of the molecule is O=C(c1ccc(Cl)cc1[N+](=O)[O-])N1C[C@@H]2CCCN[C@@H]2C1. The molecule has 2 aliphatic heterocycles. The fraction of sp³-hybridized carbons (Fsp3) is 0.500. The lowest BCUT2D eigenvalue weighted by Gasteiger charge is -2.24. The highest BCUT2D eigenvalue weighted by Gasteiger charge is 2.38. The number of halogens is 1. The van der Waals surface area contributed by atoms with E-state index in [4.69, 9.17) is 11.6 Å². The Kier molecular flexibility index (Phi) is 3.82. The number of carbonyl (C=O) groups is 1. The Balaban J connectivity index is 1.84. The number of nitrogens with one attached hydrogen (secondary N) is 1. The summed E-state index contributed by atoms with van der Waals surface area (Å²) in [5.74, 6) is 0.170. The number of carbonyl (C=O) groups excluding carboxylic acids is 1. The molecule has 0 unspecified atom stereocenters. The standard InChI is InChI=1S/C14H16ClN3O3/c15-10-3-4-11(13(6-10)18(20)21)14(19)17-7-9-2-1-5-16-12(9)8-17/h3-4,6,9,12,16H,1-2,5,7-8H2/t9-,12+/m0/s1. The maximum Gasteiger partial charge on any atom is 0.283 e. The predicted octanol–water partition coefficient (Wildman–Crippen LogP) is 2.07. The third-order valence-electron chi connectivity index (χ3n) is 4.27. The molecule has 2 atom stereocenters. The number of nitro benzene ring substituents is 1. The Morgan fingerprint density at radius 3 is 2.95 bits per heavy atom. The van der Waals surface area contributed by atoms with Crippen LogP contribution in [0.5, 0.6) is 0 Å². The highest BCUT2D eigenvalue weighted by Crippen LogP contribution is 2.29. The Bertz CT molecular complexity index is 579. The zero-order chi connectivity index (χ0) is 15.0. The summed E-state index contributed by atoms with van der Waals surface area (Å²) in [6, 6.07) is 4.51. The number of piperidine rings is 1. The highest BCUT2D eigenvalue weighted by molar-refractivity contribution is 6.31. The number of amides is 1. The van der Waals surface area contributed by atoms with Gasteiger partial charge in [-0.1, -0.05) is 11.6 Å². The van der Waals surface area contributed by atoms with Gasteiger partial charge in [0.05, 0.1) is 4.92 Å². The summed E-state index contributed by atoms with van der Waals surface area (Å²) >= 11 is 5.79. The van der Waals surface area contributed by atoms with E-state index in [0.717, 1.165) is 19.4 Å². The van der Waals surface area contributed by atoms with Gasteiger partial charge in [0.2, 0.25) is 0 Å². The van der Waals surface area contributed by atoms with Crippen molar-refractivity contribution in [2.75, 3.05) is 19.6 Å². The molecular weight excluding hydrogens is 294 g/mol. The van der Waals surface area contributed by atoms with Crippen molar-refractivity contribution in [2.24, 2.45) is 5.92 Å². The first-order valence-electron chi connectivity index (χ1n) is 7.03. The molecule has 1 N–H and O–H groups in total. The molecule has 0 spiro atoms. The molecule has 0 radical (unpaired) electrons. The topological polar surface area (TPSA) is 75.5 Å². The van der Waals surface area contributed by atoms with Crippen LogP contribution in [0.2, 0.25) is 5.02 Å². The molecule has 1 aromatic rings. The number of nitrogens with zero attached hydrogens (tertiary/aromatic N) is 2. The van der Waals surface area contributed by atoms with Gasteiger partial charge in [-0.2, -0.15) is 0 Å². The molecule has 21 heavy (non-hydrogen) atoms. The van der Waals surface area contributed by atoms with E-state index in [2.05, 4.69) is 5.32 Å². The molecule has 0 aliphatic carbocycles. The van der Waals surface area contributed by atoms with Crippen LogP contribution in [0, 0.1) is 16.0 Å². The van der Waals surface area contributed by atoms with Crippen molar-refractivity contribution < 1.29 is 9.72 Å². The lowest BCUT2D eigenvalue weighted by Crippen LogP contribution is -2.41. The van der Waals surface area contributed by atoms with E-state index in [0.29, 0.717) is 25.0 Å². The minimum Gasteiger partial charge on any atom is -0.337 e. The van der Waals surface area contributed by atoms with Crippen molar-refractivity contribution in [3.63, 3.8) is 0 Å². The van der Waals surface area contributed by atoms with Crippen LogP contribution in [0.25, 0.3) is 0 Å². The van der Waals surface area contributed by atoms with Crippen molar-refractivity contribution in [1.29, 1.82) is 0 Å². The molecule has 1 aromatic carbocycles.